The van der Waals surface area contributed by atoms with Gasteiger partial charge < -0.3 is 4.42 Å². The van der Waals surface area contributed by atoms with E-state index in [2.05, 4.69) is 0 Å². The topological polar surface area (TPSA) is 93.7 Å². The largest absolute Gasteiger partial charge is 0.457 e. The van der Waals surface area contributed by atoms with Gasteiger partial charge in [0.25, 0.3) is 16.8 Å². The normalized spacial score (nSPS) is 15.2. The fourth-order valence-electron chi connectivity index (χ4n) is 2.92. The molecule has 0 saturated carbocycles. The van der Waals surface area contributed by atoms with E-state index in [1.54, 1.807) is 30.3 Å². The van der Waals surface area contributed by atoms with Gasteiger partial charge in [0.2, 0.25) is 0 Å². The number of thioether (sulfide) groups is 1. The van der Waals surface area contributed by atoms with Crippen molar-refractivity contribution in [1.29, 1.82) is 0 Å². The molecule has 0 spiro atoms. The minimum Gasteiger partial charge on any atom is -0.457 e. The average molecular weight is 424 g/mol. The maximum absolute atomic E-state index is 13.9. The van der Waals surface area contributed by atoms with Crippen LogP contribution in [0.5, 0.6) is 0 Å². The average Bonchev–Trinajstić information content (AvgIpc) is 3.30. The van der Waals surface area contributed by atoms with Crippen LogP contribution in [0.1, 0.15) is 11.3 Å². The number of nitro groups is 1. The summed E-state index contributed by atoms with van der Waals surface area (Å²) < 4.78 is 19.5. The predicted molar refractivity (Wildman–Crippen MR) is 109 cm³/mol. The first-order chi connectivity index (χ1) is 14.4. The molecule has 150 valence electrons. The van der Waals surface area contributed by atoms with E-state index in [9.17, 15) is 24.1 Å². The number of carbonyl (C=O) groups excluding carboxylic acids is 2. The van der Waals surface area contributed by atoms with Gasteiger partial charge in [-0.15, -0.1) is 0 Å². The van der Waals surface area contributed by atoms with E-state index in [-0.39, 0.29) is 22.7 Å². The maximum Gasteiger partial charge on any atom is 0.293 e. The second-order valence-electron chi connectivity index (χ2n) is 6.37. The molecule has 1 fully saturated rings. The van der Waals surface area contributed by atoms with Gasteiger partial charge in [0.15, 0.2) is 0 Å². The molecule has 0 bridgehead atoms. The van der Waals surface area contributed by atoms with E-state index >= 15 is 0 Å². The SMILES string of the molecule is O=C1S/C(=C/c2ccc(-c3cccc([N+](=O)[O-])c3)o2)C(=O)N1Cc1ccccc1F. The Labute approximate surface area is 173 Å². The number of carbonyl (C=O) groups is 2. The number of nitro benzene ring substituents is 1. The van der Waals surface area contributed by atoms with Crippen LogP contribution in [0.4, 0.5) is 14.9 Å². The lowest BCUT2D eigenvalue weighted by molar-refractivity contribution is -0.384. The highest BCUT2D eigenvalue weighted by Crippen LogP contribution is 2.34. The lowest BCUT2D eigenvalue weighted by Gasteiger charge is -2.12. The molecule has 0 radical (unpaired) electrons. The highest BCUT2D eigenvalue weighted by atomic mass is 32.2. The van der Waals surface area contributed by atoms with Crippen LogP contribution in [0, 0.1) is 15.9 Å². The number of benzene rings is 2. The van der Waals surface area contributed by atoms with Crippen LogP contribution in [0.25, 0.3) is 17.4 Å². The molecule has 30 heavy (non-hydrogen) atoms. The molecule has 2 aromatic carbocycles. The van der Waals surface area contributed by atoms with Crippen LogP contribution in [-0.2, 0) is 11.3 Å². The van der Waals surface area contributed by atoms with Crippen LogP contribution in [0.3, 0.4) is 0 Å². The van der Waals surface area contributed by atoms with Gasteiger partial charge in [0, 0.05) is 29.3 Å². The van der Waals surface area contributed by atoms with Crippen molar-refractivity contribution in [3.05, 3.63) is 92.8 Å². The van der Waals surface area contributed by atoms with Crippen LogP contribution < -0.4 is 0 Å². The molecule has 1 aliphatic heterocycles. The molecule has 7 nitrogen and oxygen atoms in total. The Bertz CT molecular complexity index is 1200. The summed E-state index contributed by atoms with van der Waals surface area (Å²) in [6, 6.07) is 15.1. The third-order valence-corrected chi connectivity index (χ3v) is 5.31. The number of amides is 2. The summed E-state index contributed by atoms with van der Waals surface area (Å²) >= 11 is 0.740. The zero-order valence-corrected chi connectivity index (χ0v) is 16.1. The summed E-state index contributed by atoms with van der Waals surface area (Å²) in [7, 11) is 0. The summed E-state index contributed by atoms with van der Waals surface area (Å²) in [5.74, 6) is -0.335. The van der Waals surface area contributed by atoms with Crippen molar-refractivity contribution in [2.45, 2.75) is 6.54 Å². The number of hydrogen-bond donors (Lipinski definition) is 0. The maximum atomic E-state index is 13.9. The number of imide groups is 1. The van der Waals surface area contributed by atoms with Gasteiger partial charge in [-0.3, -0.25) is 24.6 Å². The molecule has 1 aliphatic rings. The molecule has 1 aromatic heterocycles. The first-order valence-electron chi connectivity index (χ1n) is 8.76. The number of hydrogen-bond acceptors (Lipinski definition) is 6. The van der Waals surface area contributed by atoms with E-state index in [1.807, 2.05) is 0 Å². The molecule has 0 N–H and O–H groups in total. The number of non-ortho nitro benzene ring substituents is 1. The highest BCUT2D eigenvalue weighted by Gasteiger charge is 2.35. The third-order valence-electron chi connectivity index (χ3n) is 4.40. The molecular weight excluding hydrogens is 411 g/mol. The molecule has 3 aromatic rings. The fraction of sp³-hybridized carbons (Fsp3) is 0.0476. The molecule has 9 heteroatoms. The van der Waals surface area contributed by atoms with Gasteiger partial charge in [0.05, 0.1) is 16.4 Å². The standard InChI is InChI=1S/C21H13FN2O5S/c22-17-7-2-1-4-14(17)12-23-20(25)19(30-21(23)26)11-16-8-9-18(29-16)13-5-3-6-15(10-13)24(27)28/h1-11H,12H2/b19-11+. The number of nitrogens with zero attached hydrogens (tertiary/aromatic N) is 2. The first-order valence-corrected chi connectivity index (χ1v) is 9.57. The highest BCUT2D eigenvalue weighted by molar-refractivity contribution is 8.18. The second-order valence-corrected chi connectivity index (χ2v) is 7.36. The third kappa shape index (κ3) is 3.87. The summed E-state index contributed by atoms with van der Waals surface area (Å²) in [6.45, 7) is -0.161. The molecule has 0 aliphatic carbocycles. The smallest absolute Gasteiger partial charge is 0.293 e. The van der Waals surface area contributed by atoms with Crippen LogP contribution >= 0.6 is 11.8 Å². The van der Waals surface area contributed by atoms with Gasteiger partial charge in [0.1, 0.15) is 17.3 Å². The summed E-state index contributed by atoms with van der Waals surface area (Å²) in [6.07, 6.45) is 1.42. The molecular formula is C21H13FN2O5S. The zero-order valence-electron chi connectivity index (χ0n) is 15.3. The molecule has 1 saturated heterocycles. The van der Waals surface area contributed by atoms with Gasteiger partial charge in [-0.1, -0.05) is 30.3 Å². The lowest BCUT2D eigenvalue weighted by Crippen LogP contribution is -2.27. The van der Waals surface area contributed by atoms with E-state index in [0.717, 1.165) is 16.7 Å². The van der Waals surface area contributed by atoms with Gasteiger partial charge >= 0.3 is 0 Å². The van der Waals surface area contributed by atoms with Crippen LogP contribution in [-0.4, -0.2) is 21.0 Å². The Morgan fingerprint density at radius 3 is 2.67 bits per heavy atom. The van der Waals surface area contributed by atoms with E-state index < -0.39 is 21.9 Å². The number of halogens is 1. The van der Waals surface area contributed by atoms with Gasteiger partial charge in [-0.05, 0) is 30.0 Å². The second kappa shape index (κ2) is 7.96. The number of rotatable bonds is 5. The fourth-order valence-corrected chi connectivity index (χ4v) is 3.74. The molecule has 0 unspecified atom stereocenters. The summed E-state index contributed by atoms with van der Waals surface area (Å²) in [5, 5.41) is 10.4. The molecule has 2 amide bonds. The first kappa shape index (κ1) is 19.6. The monoisotopic (exact) mass is 424 g/mol. The molecule has 2 heterocycles. The van der Waals surface area contributed by atoms with Gasteiger partial charge in [-0.2, -0.15) is 0 Å². The van der Waals surface area contributed by atoms with Crippen molar-refractivity contribution >= 4 is 34.7 Å². The summed E-state index contributed by atoms with van der Waals surface area (Å²) in [5.41, 5.74) is 0.684. The molecule has 0 atom stereocenters. The minimum atomic E-state index is -0.540. The Balaban J connectivity index is 1.55. The van der Waals surface area contributed by atoms with Crippen LogP contribution in [0.2, 0.25) is 0 Å². The Morgan fingerprint density at radius 1 is 1.10 bits per heavy atom. The Morgan fingerprint density at radius 2 is 1.90 bits per heavy atom. The quantitative estimate of drug-likeness (QED) is 0.316. The van der Waals surface area contributed by atoms with E-state index in [1.165, 1.54) is 36.4 Å². The van der Waals surface area contributed by atoms with Crippen molar-refractivity contribution in [2.24, 2.45) is 0 Å². The Hall–Kier alpha value is -3.72. The predicted octanol–water partition coefficient (Wildman–Crippen LogP) is 5.23. The lowest BCUT2D eigenvalue weighted by atomic mass is 10.1. The Kier molecular flexibility index (Phi) is 5.20. The van der Waals surface area contributed by atoms with E-state index in [0.29, 0.717) is 17.1 Å². The van der Waals surface area contributed by atoms with Crippen molar-refractivity contribution < 1.29 is 23.3 Å². The van der Waals surface area contributed by atoms with Crippen LogP contribution in [0.15, 0.2) is 70.0 Å². The van der Waals surface area contributed by atoms with Crippen molar-refractivity contribution in [3.8, 4) is 11.3 Å². The van der Waals surface area contributed by atoms with Gasteiger partial charge in [-0.25, -0.2) is 4.39 Å². The zero-order chi connectivity index (χ0) is 21.3. The van der Waals surface area contributed by atoms with Crippen molar-refractivity contribution in [1.82, 2.24) is 4.90 Å². The summed E-state index contributed by atoms with van der Waals surface area (Å²) in [4.78, 5) is 36.4. The number of furan rings is 1. The van der Waals surface area contributed by atoms with Crippen molar-refractivity contribution in [2.75, 3.05) is 0 Å². The van der Waals surface area contributed by atoms with E-state index in [4.69, 9.17) is 4.42 Å². The minimum absolute atomic E-state index is 0.0697. The van der Waals surface area contributed by atoms with Crippen molar-refractivity contribution in [3.63, 3.8) is 0 Å². The molecule has 4 rings (SSSR count).